The number of nitrogens with two attached hydrogens (primary N) is 1. The van der Waals surface area contributed by atoms with E-state index in [1.807, 2.05) is 0 Å². The van der Waals surface area contributed by atoms with Gasteiger partial charge in [0.25, 0.3) is 0 Å². The second kappa shape index (κ2) is 4.89. The maximum absolute atomic E-state index is 13.1. The largest absolute Gasteiger partial charge is 0.319 e. The topological polar surface area (TPSA) is 38.9 Å². The number of halogens is 3. The van der Waals surface area contributed by atoms with Gasteiger partial charge in [-0.2, -0.15) is 0 Å². The number of nitrogens with zero attached hydrogens (tertiary/aromatic N) is 1. The van der Waals surface area contributed by atoms with Crippen molar-refractivity contribution in [2.75, 3.05) is 0 Å². The molecule has 0 fully saturated rings. The van der Waals surface area contributed by atoms with E-state index in [0.29, 0.717) is 11.3 Å². The van der Waals surface area contributed by atoms with Crippen molar-refractivity contribution in [1.82, 2.24) is 4.98 Å². The van der Waals surface area contributed by atoms with Gasteiger partial charge in [-0.1, -0.05) is 6.07 Å². The van der Waals surface area contributed by atoms with Gasteiger partial charge in [0.15, 0.2) is 11.6 Å². The van der Waals surface area contributed by atoms with Gasteiger partial charge in [-0.3, -0.25) is 4.98 Å². The Morgan fingerprint density at radius 1 is 1.18 bits per heavy atom. The lowest BCUT2D eigenvalue weighted by atomic mass is 10.0. The molecule has 2 nitrogen and oxygen atoms in total. The van der Waals surface area contributed by atoms with Crippen LogP contribution in [0, 0.1) is 11.6 Å². The van der Waals surface area contributed by atoms with Crippen LogP contribution < -0.4 is 5.73 Å². The third kappa shape index (κ3) is 2.50. The average Bonchev–Trinajstić information content (AvgIpc) is 2.32. The third-order valence-electron chi connectivity index (χ3n) is 2.38. The summed E-state index contributed by atoms with van der Waals surface area (Å²) in [5.41, 5.74) is 7.01. The fraction of sp³-hybridized carbons (Fsp3) is 0.0833. The highest BCUT2D eigenvalue weighted by Crippen LogP contribution is 2.25. The Morgan fingerprint density at radius 2 is 1.94 bits per heavy atom. The average molecular weight is 299 g/mol. The van der Waals surface area contributed by atoms with Crippen LogP contribution in [-0.2, 0) is 0 Å². The molecule has 2 rings (SSSR count). The molecule has 0 aliphatic rings. The molecule has 1 atom stereocenters. The molecule has 1 aromatic carbocycles. The van der Waals surface area contributed by atoms with Crippen molar-refractivity contribution in [1.29, 1.82) is 0 Å². The van der Waals surface area contributed by atoms with Gasteiger partial charge >= 0.3 is 0 Å². The maximum Gasteiger partial charge on any atom is 0.159 e. The molecular formula is C12H9BrF2N2. The van der Waals surface area contributed by atoms with E-state index in [0.717, 1.165) is 16.6 Å². The van der Waals surface area contributed by atoms with Crippen molar-refractivity contribution in [3.05, 3.63) is 63.9 Å². The van der Waals surface area contributed by atoms with Crippen LogP contribution in [0.25, 0.3) is 0 Å². The number of hydrogen-bond donors (Lipinski definition) is 1. The van der Waals surface area contributed by atoms with Gasteiger partial charge in [0.1, 0.15) is 0 Å². The summed E-state index contributed by atoms with van der Waals surface area (Å²) in [5.74, 6) is -1.80. The molecule has 0 saturated heterocycles. The predicted octanol–water partition coefficient (Wildman–Crippen LogP) is 3.17. The summed E-state index contributed by atoms with van der Waals surface area (Å²) < 4.78 is 26.6. The highest BCUT2D eigenvalue weighted by atomic mass is 79.9. The molecule has 0 aliphatic carbocycles. The lowest BCUT2D eigenvalue weighted by Gasteiger charge is -2.13. The highest BCUT2D eigenvalue weighted by molar-refractivity contribution is 9.10. The van der Waals surface area contributed by atoms with Crippen molar-refractivity contribution < 1.29 is 8.78 Å². The van der Waals surface area contributed by atoms with Crippen molar-refractivity contribution in [3.63, 3.8) is 0 Å². The van der Waals surface area contributed by atoms with E-state index in [1.165, 1.54) is 6.07 Å². The Morgan fingerprint density at radius 3 is 2.59 bits per heavy atom. The summed E-state index contributed by atoms with van der Waals surface area (Å²) in [7, 11) is 0. The summed E-state index contributed by atoms with van der Waals surface area (Å²) >= 11 is 3.32. The Labute approximate surface area is 106 Å². The summed E-state index contributed by atoms with van der Waals surface area (Å²) in [4.78, 5) is 4.12. The first kappa shape index (κ1) is 12.1. The molecular weight excluding hydrogens is 290 g/mol. The number of aromatic nitrogens is 1. The zero-order valence-corrected chi connectivity index (χ0v) is 10.3. The zero-order chi connectivity index (χ0) is 12.4. The summed E-state index contributed by atoms with van der Waals surface area (Å²) in [6, 6.07) is 6.54. The molecule has 88 valence electrons. The fourth-order valence-electron chi connectivity index (χ4n) is 1.49. The van der Waals surface area contributed by atoms with Crippen LogP contribution in [0.5, 0.6) is 0 Å². The molecule has 0 radical (unpaired) electrons. The molecule has 17 heavy (non-hydrogen) atoms. The minimum absolute atomic E-state index is 0.475. The molecule has 5 heteroatoms. The van der Waals surface area contributed by atoms with Crippen LogP contribution in [0.4, 0.5) is 8.78 Å². The Balaban J connectivity index is 2.40. The maximum atomic E-state index is 13.1. The van der Waals surface area contributed by atoms with Crippen molar-refractivity contribution in [2.24, 2.45) is 5.73 Å². The van der Waals surface area contributed by atoms with Crippen molar-refractivity contribution in [3.8, 4) is 0 Å². The Kier molecular flexibility index (Phi) is 3.49. The molecule has 0 spiro atoms. The molecule has 0 bridgehead atoms. The summed E-state index contributed by atoms with van der Waals surface area (Å²) in [5, 5.41) is 0. The van der Waals surface area contributed by atoms with Gasteiger partial charge in [-0.25, -0.2) is 8.78 Å². The zero-order valence-electron chi connectivity index (χ0n) is 8.70. The Bertz CT molecular complexity index is 546. The van der Waals surface area contributed by atoms with Crippen LogP contribution in [0.3, 0.4) is 0 Å². The smallest absolute Gasteiger partial charge is 0.159 e. The predicted molar refractivity (Wildman–Crippen MR) is 64.3 cm³/mol. The van der Waals surface area contributed by atoms with E-state index in [1.54, 1.807) is 18.3 Å². The molecule has 1 aromatic heterocycles. The Hall–Kier alpha value is -1.33. The molecule has 2 aromatic rings. The number of hydrogen-bond acceptors (Lipinski definition) is 2. The van der Waals surface area contributed by atoms with Crippen LogP contribution in [0.1, 0.15) is 17.3 Å². The van der Waals surface area contributed by atoms with E-state index in [-0.39, 0.29) is 0 Å². The van der Waals surface area contributed by atoms with Gasteiger partial charge in [-0.05, 0) is 45.8 Å². The standard InChI is InChI=1S/C12H9BrF2N2/c13-8-2-1-5-17-12(8)11(16)7-3-4-9(14)10(15)6-7/h1-6,11H,16H2. The fourth-order valence-corrected chi connectivity index (χ4v) is 1.99. The van der Waals surface area contributed by atoms with Gasteiger partial charge in [-0.15, -0.1) is 0 Å². The molecule has 2 N–H and O–H groups in total. The van der Waals surface area contributed by atoms with E-state index in [2.05, 4.69) is 20.9 Å². The third-order valence-corrected chi connectivity index (χ3v) is 3.05. The van der Waals surface area contributed by atoms with Crippen LogP contribution in [-0.4, -0.2) is 4.98 Å². The van der Waals surface area contributed by atoms with Gasteiger partial charge < -0.3 is 5.73 Å². The van der Waals surface area contributed by atoms with Gasteiger partial charge in [0.2, 0.25) is 0 Å². The monoisotopic (exact) mass is 298 g/mol. The molecule has 1 heterocycles. The van der Waals surface area contributed by atoms with Gasteiger partial charge in [0.05, 0.1) is 11.7 Å². The highest BCUT2D eigenvalue weighted by Gasteiger charge is 2.15. The molecule has 0 aliphatic heterocycles. The molecule has 1 unspecified atom stereocenters. The van der Waals surface area contributed by atoms with E-state index in [4.69, 9.17) is 5.73 Å². The second-order valence-corrected chi connectivity index (χ2v) is 4.38. The minimum atomic E-state index is -0.912. The van der Waals surface area contributed by atoms with Gasteiger partial charge in [0, 0.05) is 10.7 Å². The first-order valence-electron chi connectivity index (χ1n) is 4.90. The van der Waals surface area contributed by atoms with Crippen molar-refractivity contribution >= 4 is 15.9 Å². The van der Waals surface area contributed by atoms with E-state index < -0.39 is 17.7 Å². The van der Waals surface area contributed by atoms with E-state index in [9.17, 15) is 8.78 Å². The normalized spacial score (nSPS) is 12.5. The number of pyridine rings is 1. The van der Waals surface area contributed by atoms with Crippen LogP contribution in [0.15, 0.2) is 41.0 Å². The SMILES string of the molecule is NC(c1ccc(F)c(F)c1)c1ncccc1Br. The van der Waals surface area contributed by atoms with E-state index >= 15 is 0 Å². The first-order chi connectivity index (χ1) is 8.09. The number of rotatable bonds is 2. The molecule has 0 amide bonds. The lowest BCUT2D eigenvalue weighted by Crippen LogP contribution is -2.14. The summed E-state index contributed by atoms with van der Waals surface area (Å²) in [6.07, 6.45) is 1.60. The van der Waals surface area contributed by atoms with Crippen molar-refractivity contribution in [2.45, 2.75) is 6.04 Å². The first-order valence-corrected chi connectivity index (χ1v) is 5.70. The minimum Gasteiger partial charge on any atom is -0.319 e. The summed E-state index contributed by atoms with van der Waals surface area (Å²) in [6.45, 7) is 0. The quantitative estimate of drug-likeness (QED) is 0.925. The number of benzene rings is 1. The molecule has 0 saturated carbocycles. The van der Waals surface area contributed by atoms with Crippen LogP contribution >= 0.6 is 15.9 Å². The lowest BCUT2D eigenvalue weighted by molar-refractivity contribution is 0.506. The van der Waals surface area contributed by atoms with Crippen LogP contribution in [0.2, 0.25) is 0 Å². The second-order valence-electron chi connectivity index (χ2n) is 3.52.